The summed E-state index contributed by atoms with van der Waals surface area (Å²) in [6.07, 6.45) is 9.26. The topological polar surface area (TPSA) is 27.1 Å². The average molecular weight is 254 g/mol. The fourth-order valence-corrected chi connectivity index (χ4v) is 2.74. The molecule has 0 spiro atoms. The lowest BCUT2D eigenvalue weighted by atomic mass is 9.82. The molecule has 4 heteroatoms. The summed E-state index contributed by atoms with van der Waals surface area (Å²) in [5.41, 5.74) is 1.25. The predicted octanol–water partition coefficient (Wildman–Crippen LogP) is 2.90. The zero-order valence-corrected chi connectivity index (χ0v) is 11.4. The van der Waals surface area contributed by atoms with Crippen molar-refractivity contribution in [1.29, 1.82) is 0 Å². The van der Waals surface area contributed by atoms with E-state index in [9.17, 15) is 0 Å². The Morgan fingerprint density at radius 1 is 1.35 bits per heavy atom. The Balaban J connectivity index is 1.72. The lowest BCUT2D eigenvalue weighted by Crippen LogP contribution is -2.21. The Hall–Kier alpha value is -0.480. The number of aromatic nitrogens is 2. The second-order valence-corrected chi connectivity index (χ2v) is 5.38. The molecule has 96 valence electrons. The number of hydrogen-bond donors (Lipinski definition) is 1. The minimum atomic E-state index is 0.548. The van der Waals surface area contributed by atoms with Gasteiger partial charge in [0.25, 0.3) is 0 Å². The maximum absolute atomic E-state index is 5.38. The molecule has 0 amide bonds. The smallest absolute Gasteiger partial charge is 0.0892 e. The van der Waals surface area contributed by atoms with E-state index in [1.165, 1.54) is 31.2 Å². The van der Waals surface area contributed by atoms with Gasteiger partial charge in [-0.05, 0) is 50.0 Å². The van der Waals surface area contributed by atoms with Crippen LogP contribution in [0.2, 0.25) is 0 Å². The van der Waals surface area contributed by atoms with Crippen molar-refractivity contribution in [2.45, 2.75) is 39.2 Å². The lowest BCUT2D eigenvalue weighted by Gasteiger charge is -2.28. The Bertz CT molecular complexity index is 332. The molecule has 0 unspecified atom stereocenters. The molecule has 2 rings (SSSR count). The Morgan fingerprint density at radius 3 is 2.65 bits per heavy atom. The Morgan fingerprint density at radius 2 is 2.06 bits per heavy atom. The maximum atomic E-state index is 5.38. The normalized spacial score (nSPS) is 25.1. The van der Waals surface area contributed by atoms with Gasteiger partial charge in [-0.15, -0.1) is 0 Å². The van der Waals surface area contributed by atoms with Gasteiger partial charge in [0.1, 0.15) is 0 Å². The quantitative estimate of drug-likeness (QED) is 0.646. The summed E-state index contributed by atoms with van der Waals surface area (Å²) in [4.78, 5) is 0. The number of nitrogens with zero attached hydrogens (tertiary/aromatic N) is 2. The predicted molar refractivity (Wildman–Crippen MR) is 72.2 cm³/mol. The van der Waals surface area contributed by atoms with Crippen molar-refractivity contribution < 1.29 is 4.74 Å². The van der Waals surface area contributed by atoms with Crippen LogP contribution in [0.4, 0.5) is 0 Å². The molecule has 1 aromatic heterocycles. The zero-order chi connectivity index (χ0) is 12.1. The highest BCUT2D eigenvalue weighted by Crippen LogP contribution is 2.29. The Kier molecular flexibility index (Phi) is 4.92. The summed E-state index contributed by atoms with van der Waals surface area (Å²) in [6, 6.07) is 0. The van der Waals surface area contributed by atoms with Crippen molar-refractivity contribution in [3.63, 3.8) is 0 Å². The van der Waals surface area contributed by atoms with Crippen LogP contribution in [0.1, 0.15) is 31.2 Å². The van der Waals surface area contributed by atoms with Crippen LogP contribution in [0.25, 0.3) is 0 Å². The van der Waals surface area contributed by atoms with Crippen LogP contribution in [-0.4, -0.2) is 22.3 Å². The number of thiol groups is 1. The second kappa shape index (κ2) is 6.45. The summed E-state index contributed by atoms with van der Waals surface area (Å²) >= 11 is 4.07. The molecule has 0 aromatic carbocycles. The van der Waals surface area contributed by atoms with E-state index in [1.54, 1.807) is 0 Å². The van der Waals surface area contributed by atoms with Gasteiger partial charge in [-0.25, -0.2) is 0 Å². The van der Waals surface area contributed by atoms with E-state index in [1.807, 2.05) is 6.20 Å². The van der Waals surface area contributed by atoms with Crippen LogP contribution in [0.15, 0.2) is 12.4 Å². The average Bonchev–Trinajstić information content (AvgIpc) is 2.74. The molecule has 0 bridgehead atoms. The van der Waals surface area contributed by atoms with Crippen molar-refractivity contribution in [2.75, 3.05) is 12.5 Å². The third kappa shape index (κ3) is 4.03. The lowest BCUT2D eigenvalue weighted by molar-refractivity contribution is 0.106. The van der Waals surface area contributed by atoms with E-state index in [4.69, 9.17) is 4.74 Å². The monoisotopic (exact) mass is 254 g/mol. The van der Waals surface area contributed by atoms with Gasteiger partial charge in [-0.2, -0.15) is 17.7 Å². The van der Waals surface area contributed by atoms with Crippen molar-refractivity contribution in [3.05, 3.63) is 18.0 Å². The zero-order valence-electron chi connectivity index (χ0n) is 10.5. The molecule has 1 aliphatic carbocycles. The maximum Gasteiger partial charge on any atom is 0.0892 e. The summed E-state index contributed by atoms with van der Waals surface area (Å²) in [6.45, 7) is 4.06. The van der Waals surface area contributed by atoms with Gasteiger partial charge in [0.05, 0.1) is 18.7 Å². The van der Waals surface area contributed by atoms with Crippen LogP contribution in [-0.2, 0) is 11.3 Å². The van der Waals surface area contributed by atoms with Crippen molar-refractivity contribution in [3.8, 4) is 0 Å². The van der Waals surface area contributed by atoms with Gasteiger partial charge in [0.2, 0.25) is 0 Å². The number of rotatable bonds is 5. The van der Waals surface area contributed by atoms with Crippen LogP contribution < -0.4 is 0 Å². The molecule has 0 N–H and O–H groups in total. The first-order valence-corrected chi connectivity index (χ1v) is 7.09. The first-order valence-electron chi connectivity index (χ1n) is 6.45. The highest BCUT2D eigenvalue weighted by molar-refractivity contribution is 7.80. The summed E-state index contributed by atoms with van der Waals surface area (Å²) < 4.78 is 7.46. The fraction of sp³-hybridized carbons (Fsp3) is 0.769. The van der Waals surface area contributed by atoms with Gasteiger partial charge in [0.15, 0.2) is 0 Å². The van der Waals surface area contributed by atoms with Crippen molar-refractivity contribution in [2.24, 2.45) is 11.8 Å². The van der Waals surface area contributed by atoms with Gasteiger partial charge in [-0.1, -0.05) is 0 Å². The molecule has 1 aliphatic rings. The third-order valence-corrected chi connectivity index (χ3v) is 3.80. The molecule has 3 nitrogen and oxygen atoms in total. The summed E-state index contributed by atoms with van der Waals surface area (Å²) in [7, 11) is 0. The number of ether oxygens (including phenoxy) is 1. The minimum absolute atomic E-state index is 0.548. The fourth-order valence-electron chi connectivity index (χ4n) is 2.63. The molecule has 0 saturated heterocycles. The second-order valence-electron chi connectivity index (χ2n) is 5.13. The number of hydrogen-bond acceptors (Lipinski definition) is 3. The summed E-state index contributed by atoms with van der Waals surface area (Å²) in [5, 5.41) is 4.36. The van der Waals surface area contributed by atoms with E-state index in [2.05, 4.69) is 35.5 Å². The molecule has 1 fully saturated rings. The van der Waals surface area contributed by atoms with E-state index in [-0.39, 0.29) is 0 Å². The Labute approximate surface area is 109 Å². The van der Waals surface area contributed by atoms with E-state index < -0.39 is 0 Å². The molecular formula is C13H22N2OS. The molecule has 0 radical (unpaired) electrons. The first-order chi connectivity index (χ1) is 8.28. The third-order valence-electron chi connectivity index (χ3n) is 3.62. The number of aryl methyl sites for hydroxylation is 1. The molecular weight excluding hydrogens is 232 g/mol. The van der Waals surface area contributed by atoms with Crippen molar-refractivity contribution >= 4 is 12.6 Å². The van der Waals surface area contributed by atoms with Crippen LogP contribution in [0, 0.1) is 18.8 Å². The van der Waals surface area contributed by atoms with Crippen LogP contribution in [0.5, 0.6) is 0 Å². The van der Waals surface area contributed by atoms with Crippen LogP contribution >= 0.6 is 12.6 Å². The molecule has 0 atom stereocenters. The van der Waals surface area contributed by atoms with Gasteiger partial charge < -0.3 is 4.74 Å². The highest BCUT2D eigenvalue weighted by atomic mass is 32.1. The van der Waals surface area contributed by atoms with E-state index in [0.29, 0.717) is 5.94 Å². The molecule has 1 heterocycles. The molecule has 1 aromatic rings. The standard InChI is InChI=1S/C13H22N2OS/c1-11-6-14-15(7-11)8-12-2-4-13(5-3-12)9-16-10-17/h6-7,12-13,17H,2-5,8-10H2,1H3. The van der Waals surface area contributed by atoms with Crippen molar-refractivity contribution in [1.82, 2.24) is 9.78 Å². The summed E-state index contributed by atoms with van der Waals surface area (Å²) in [5.74, 6) is 2.09. The highest BCUT2D eigenvalue weighted by Gasteiger charge is 2.21. The molecule has 1 saturated carbocycles. The molecule has 0 aliphatic heterocycles. The van der Waals surface area contributed by atoms with Gasteiger partial charge in [-0.3, -0.25) is 4.68 Å². The van der Waals surface area contributed by atoms with Gasteiger partial charge >= 0.3 is 0 Å². The van der Waals surface area contributed by atoms with E-state index in [0.717, 1.165) is 25.0 Å². The van der Waals surface area contributed by atoms with Crippen LogP contribution in [0.3, 0.4) is 0 Å². The largest absolute Gasteiger partial charge is 0.371 e. The van der Waals surface area contributed by atoms with E-state index >= 15 is 0 Å². The molecule has 17 heavy (non-hydrogen) atoms. The van der Waals surface area contributed by atoms with Gasteiger partial charge in [0, 0.05) is 12.7 Å². The first kappa shape index (κ1) is 13.0. The minimum Gasteiger partial charge on any atom is -0.371 e. The SMILES string of the molecule is Cc1cnn(CC2CCC(COCS)CC2)c1.